The Morgan fingerprint density at radius 3 is 2.70 bits per heavy atom. The van der Waals surface area contributed by atoms with Gasteiger partial charge in [-0.25, -0.2) is 14.2 Å². The number of hydrogen-bond acceptors (Lipinski definition) is 6. The minimum absolute atomic E-state index is 0.216. The third kappa shape index (κ3) is 6.12. The predicted octanol–water partition coefficient (Wildman–Crippen LogP) is 3.99. The average Bonchev–Trinajstić information content (AvgIpc) is 3.15. The van der Waals surface area contributed by atoms with Gasteiger partial charge in [-0.1, -0.05) is 18.2 Å². The van der Waals surface area contributed by atoms with Crippen molar-refractivity contribution in [3.05, 3.63) is 81.6 Å². The summed E-state index contributed by atoms with van der Waals surface area (Å²) in [6.07, 6.45) is 0. The number of amides is 1. The highest BCUT2D eigenvalue weighted by Gasteiger charge is 2.15. The number of hydrogen-bond donors (Lipinski definition) is 0. The smallest absolute Gasteiger partial charge is 0.338 e. The van der Waals surface area contributed by atoms with E-state index in [9.17, 15) is 14.0 Å². The number of halogens is 1. The molecule has 0 aliphatic carbocycles. The van der Waals surface area contributed by atoms with E-state index < -0.39 is 12.6 Å². The van der Waals surface area contributed by atoms with Crippen molar-refractivity contribution in [2.24, 2.45) is 0 Å². The van der Waals surface area contributed by atoms with Crippen molar-refractivity contribution >= 4 is 23.2 Å². The minimum Gasteiger partial charge on any atom is -0.487 e. The fourth-order valence-electron chi connectivity index (χ4n) is 2.66. The molecule has 3 aromatic rings. The monoisotopic (exact) mass is 428 g/mol. The Hall–Kier alpha value is -3.26. The zero-order chi connectivity index (χ0) is 21.5. The summed E-state index contributed by atoms with van der Waals surface area (Å²) in [5.41, 5.74) is 1.75. The number of nitrogens with zero attached hydrogens (tertiary/aromatic N) is 2. The highest BCUT2D eigenvalue weighted by atomic mass is 32.1. The summed E-state index contributed by atoms with van der Waals surface area (Å²) in [7, 11) is 1.57. The van der Waals surface area contributed by atoms with Crippen molar-refractivity contribution in [2.45, 2.75) is 20.1 Å². The van der Waals surface area contributed by atoms with E-state index in [1.807, 2.05) is 12.3 Å². The number of rotatable bonds is 8. The highest BCUT2D eigenvalue weighted by molar-refractivity contribution is 7.09. The molecule has 0 N–H and O–H groups in total. The van der Waals surface area contributed by atoms with Crippen LogP contribution in [-0.4, -0.2) is 35.4 Å². The Bertz CT molecular complexity index is 1040. The molecule has 1 amide bonds. The van der Waals surface area contributed by atoms with Gasteiger partial charge in [0, 0.05) is 19.0 Å². The molecule has 1 aromatic heterocycles. The minimum atomic E-state index is -0.627. The molecule has 0 radical (unpaired) electrons. The first kappa shape index (κ1) is 21.4. The van der Waals surface area contributed by atoms with Gasteiger partial charge < -0.3 is 14.4 Å². The molecule has 0 aliphatic rings. The highest BCUT2D eigenvalue weighted by Crippen LogP contribution is 2.17. The maximum atomic E-state index is 13.3. The van der Waals surface area contributed by atoms with Crippen LogP contribution >= 0.6 is 11.3 Å². The third-order valence-corrected chi connectivity index (χ3v) is 5.01. The van der Waals surface area contributed by atoms with Crippen LogP contribution < -0.4 is 4.74 Å². The number of ether oxygens (including phenoxy) is 2. The third-order valence-electron chi connectivity index (χ3n) is 4.18. The molecule has 3 rings (SSSR count). The molecular weight excluding hydrogens is 407 g/mol. The molecule has 0 atom stereocenters. The van der Waals surface area contributed by atoms with E-state index in [4.69, 9.17) is 9.47 Å². The van der Waals surface area contributed by atoms with Crippen molar-refractivity contribution < 1.29 is 23.5 Å². The Morgan fingerprint density at radius 2 is 1.97 bits per heavy atom. The van der Waals surface area contributed by atoms with Crippen molar-refractivity contribution in [2.75, 3.05) is 13.7 Å². The van der Waals surface area contributed by atoms with Crippen LogP contribution in [0.2, 0.25) is 0 Å². The maximum absolute atomic E-state index is 13.3. The van der Waals surface area contributed by atoms with E-state index in [0.29, 0.717) is 17.9 Å². The summed E-state index contributed by atoms with van der Waals surface area (Å²) in [6, 6.07) is 12.5. The first-order chi connectivity index (χ1) is 14.4. The fourth-order valence-corrected chi connectivity index (χ4v) is 3.26. The van der Waals surface area contributed by atoms with Crippen LogP contribution in [0.1, 0.15) is 26.6 Å². The van der Waals surface area contributed by atoms with Gasteiger partial charge >= 0.3 is 5.97 Å². The largest absolute Gasteiger partial charge is 0.487 e. The number of benzene rings is 2. The Morgan fingerprint density at radius 1 is 1.17 bits per heavy atom. The molecule has 2 aromatic carbocycles. The molecule has 0 bridgehead atoms. The molecule has 0 spiro atoms. The molecule has 0 aliphatic heterocycles. The lowest BCUT2D eigenvalue weighted by atomic mass is 10.2. The number of carbonyl (C=O) groups is 2. The van der Waals surface area contributed by atoms with Gasteiger partial charge in [-0.2, -0.15) is 0 Å². The van der Waals surface area contributed by atoms with Gasteiger partial charge in [-0.3, -0.25) is 4.79 Å². The molecule has 0 unspecified atom stereocenters. The van der Waals surface area contributed by atoms with Crippen LogP contribution in [0.25, 0.3) is 0 Å². The van der Waals surface area contributed by atoms with E-state index >= 15 is 0 Å². The standard InChI is InChI=1S/C22H21FN2O4S/c1-15-24-19(14-30-15)12-28-20-8-4-6-17(10-20)22(27)29-13-21(26)25(2)11-16-5-3-7-18(23)9-16/h3-10,14H,11-13H2,1-2H3. The molecule has 1 heterocycles. The maximum Gasteiger partial charge on any atom is 0.338 e. The Balaban J connectivity index is 1.50. The van der Waals surface area contributed by atoms with E-state index in [1.165, 1.54) is 17.0 Å². The van der Waals surface area contributed by atoms with Gasteiger partial charge in [0.15, 0.2) is 6.61 Å². The fraction of sp³-hybridized carbons (Fsp3) is 0.227. The molecule has 30 heavy (non-hydrogen) atoms. The first-order valence-corrected chi connectivity index (χ1v) is 10.1. The van der Waals surface area contributed by atoms with E-state index in [0.717, 1.165) is 10.7 Å². The molecule has 8 heteroatoms. The van der Waals surface area contributed by atoms with Crippen molar-refractivity contribution in [3.63, 3.8) is 0 Å². The normalized spacial score (nSPS) is 10.5. The van der Waals surface area contributed by atoms with E-state index in [2.05, 4.69) is 4.98 Å². The summed E-state index contributed by atoms with van der Waals surface area (Å²) in [4.78, 5) is 30.2. The van der Waals surface area contributed by atoms with Gasteiger partial charge in [0.25, 0.3) is 5.91 Å². The quantitative estimate of drug-likeness (QED) is 0.508. The lowest BCUT2D eigenvalue weighted by Gasteiger charge is -2.17. The molecule has 156 valence electrons. The second-order valence-corrected chi connectivity index (χ2v) is 7.69. The van der Waals surface area contributed by atoms with E-state index in [1.54, 1.807) is 54.8 Å². The molecule has 0 saturated heterocycles. The molecule has 0 saturated carbocycles. The van der Waals surface area contributed by atoms with Crippen LogP contribution in [0, 0.1) is 12.7 Å². The van der Waals surface area contributed by atoms with Crippen LogP contribution in [0.15, 0.2) is 53.9 Å². The number of carbonyl (C=O) groups excluding carboxylic acids is 2. The van der Waals surface area contributed by atoms with Crippen LogP contribution in [0.3, 0.4) is 0 Å². The van der Waals surface area contributed by atoms with Crippen LogP contribution in [0.5, 0.6) is 5.75 Å². The second-order valence-electron chi connectivity index (χ2n) is 6.63. The predicted molar refractivity (Wildman–Crippen MR) is 111 cm³/mol. The number of thiazole rings is 1. The number of aromatic nitrogens is 1. The lowest BCUT2D eigenvalue weighted by molar-refractivity contribution is -0.133. The summed E-state index contributed by atoms with van der Waals surface area (Å²) in [5, 5.41) is 2.87. The van der Waals surface area contributed by atoms with Gasteiger partial charge in [0.2, 0.25) is 0 Å². The van der Waals surface area contributed by atoms with Gasteiger partial charge in [0.1, 0.15) is 18.2 Å². The van der Waals surface area contributed by atoms with Crippen LogP contribution in [0.4, 0.5) is 4.39 Å². The Labute approximate surface area is 177 Å². The topological polar surface area (TPSA) is 68.7 Å². The Kier molecular flexibility index (Phi) is 7.13. The summed E-state index contributed by atoms with van der Waals surface area (Å²) < 4.78 is 24.0. The zero-order valence-electron chi connectivity index (χ0n) is 16.6. The molecule has 6 nitrogen and oxygen atoms in total. The summed E-state index contributed by atoms with van der Waals surface area (Å²) in [5.74, 6) is -0.882. The van der Waals surface area contributed by atoms with Crippen molar-refractivity contribution in [1.82, 2.24) is 9.88 Å². The number of likely N-dealkylation sites (N-methyl/N-ethyl adjacent to an activating group) is 1. The van der Waals surface area contributed by atoms with Gasteiger partial charge in [-0.15, -0.1) is 11.3 Å². The van der Waals surface area contributed by atoms with Crippen molar-refractivity contribution in [3.8, 4) is 5.75 Å². The van der Waals surface area contributed by atoms with Crippen LogP contribution in [-0.2, 0) is 22.7 Å². The average molecular weight is 428 g/mol. The first-order valence-electron chi connectivity index (χ1n) is 9.20. The lowest BCUT2D eigenvalue weighted by Crippen LogP contribution is -2.30. The SMILES string of the molecule is Cc1nc(COc2cccc(C(=O)OCC(=O)N(C)Cc3cccc(F)c3)c2)cs1. The summed E-state index contributed by atoms with van der Waals surface area (Å²) >= 11 is 1.54. The second kappa shape index (κ2) is 9.98. The van der Waals surface area contributed by atoms with Gasteiger partial charge in [0.05, 0.1) is 16.3 Å². The summed E-state index contributed by atoms with van der Waals surface area (Å²) in [6.45, 7) is 2.02. The van der Waals surface area contributed by atoms with Gasteiger partial charge in [-0.05, 0) is 42.8 Å². The number of aryl methyl sites for hydroxylation is 1. The number of esters is 1. The van der Waals surface area contributed by atoms with Crippen molar-refractivity contribution in [1.29, 1.82) is 0 Å². The zero-order valence-corrected chi connectivity index (χ0v) is 17.4. The molecule has 0 fully saturated rings. The molecular formula is C22H21FN2O4S. The van der Waals surface area contributed by atoms with E-state index in [-0.39, 0.29) is 23.8 Å².